The molecule has 0 amide bonds. The molecule has 0 saturated carbocycles. The van der Waals surface area contributed by atoms with Crippen LogP contribution in [0.1, 0.15) is 36.9 Å². The number of hydrogen-bond acceptors (Lipinski definition) is 3. The number of benzene rings is 1. The van der Waals surface area contributed by atoms with Crippen LogP contribution in [0, 0.1) is 5.92 Å². The molecule has 0 radical (unpaired) electrons. The maximum Gasteiger partial charge on any atom is 0.127 e. The molecule has 1 saturated heterocycles. The lowest BCUT2D eigenvalue weighted by Gasteiger charge is -2.32. The topological polar surface area (TPSA) is 30.5 Å². The Balaban J connectivity index is 1.94. The van der Waals surface area contributed by atoms with E-state index in [1.165, 1.54) is 17.5 Å². The Morgan fingerprint density at radius 3 is 3.05 bits per heavy atom. The largest absolute Gasteiger partial charge is 0.493 e. The molecule has 1 aromatic rings. The van der Waals surface area contributed by atoms with Gasteiger partial charge in [-0.1, -0.05) is 18.5 Å². The van der Waals surface area contributed by atoms with Crippen LogP contribution >= 0.6 is 11.6 Å². The molecule has 0 aliphatic carbocycles. The number of fused-ring (bicyclic) bond motifs is 1. The Kier molecular flexibility index (Phi) is 4.49. The summed E-state index contributed by atoms with van der Waals surface area (Å²) in [5.74, 6) is 1.54. The number of ether oxygens (including phenoxy) is 2. The van der Waals surface area contributed by atoms with Gasteiger partial charge in [0.05, 0.1) is 13.2 Å². The van der Waals surface area contributed by atoms with Crippen LogP contribution in [0.25, 0.3) is 0 Å². The maximum absolute atomic E-state index is 6.30. The number of halogens is 1. The molecule has 0 aromatic heterocycles. The maximum atomic E-state index is 6.30. The van der Waals surface area contributed by atoms with Crippen molar-refractivity contribution in [3.05, 3.63) is 28.3 Å². The van der Waals surface area contributed by atoms with E-state index in [1.54, 1.807) is 0 Å². The Morgan fingerprint density at radius 2 is 2.30 bits per heavy atom. The smallest absolute Gasteiger partial charge is 0.127 e. The van der Waals surface area contributed by atoms with Crippen LogP contribution in [0.3, 0.4) is 0 Å². The summed E-state index contributed by atoms with van der Waals surface area (Å²) in [6, 6.07) is 4.37. The van der Waals surface area contributed by atoms with Crippen molar-refractivity contribution in [2.45, 2.75) is 32.2 Å². The molecule has 3 rings (SSSR count). The van der Waals surface area contributed by atoms with Gasteiger partial charge in [0.2, 0.25) is 0 Å². The highest BCUT2D eigenvalue weighted by molar-refractivity contribution is 6.30. The second kappa shape index (κ2) is 6.33. The molecule has 1 aromatic carbocycles. The van der Waals surface area contributed by atoms with Gasteiger partial charge in [-0.25, -0.2) is 0 Å². The number of rotatable bonds is 4. The fourth-order valence-electron chi connectivity index (χ4n) is 3.31. The van der Waals surface area contributed by atoms with E-state index < -0.39 is 0 Å². The minimum Gasteiger partial charge on any atom is -0.493 e. The van der Waals surface area contributed by atoms with Crippen molar-refractivity contribution in [2.24, 2.45) is 5.92 Å². The van der Waals surface area contributed by atoms with Gasteiger partial charge in [0.25, 0.3) is 0 Å². The quantitative estimate of drug-likeness (QED) is 0.924. The molecule has 2 heterocycles. The summed E-state index contributed by atoms with van der Waals surface area (Å²) < 4.78 is 11.5. The molecule has 20 heavy (non-hydrogen) atoms. The van der Waals surface area contributed by atoms with E-state index in [2.05, 4.69) is 18.3 Å². The molecular formula is C16H22ClNO2. The van der Waals surface area contributed by atoms with E-state index in [0.717, 1.165) is 50.0 Å². The van der Waals surface area contributed by atoms with Crippen molar-refractivity contribution in [1.82, 2.24) is 5.32 Å². The van der Waals surface area contributed by atoms with Gasteiger partial charge in [-0.15, -0.1) is 0 Å². The molecule has 2 atom stereocenters. The van der Waals surface area contributed by atoms with E-state index in [-0.39, 0.29) is 6.04 Å². The molecule has 2 unspecified atom stereocenters. The SMILES string of the molecule is CCNC(c1cc(Cl)cc2c1OCC2)C1CCCOC1. The first-order chi connectivity index (χ1) is 9.79. The van der Waals surface area contributed by atoms with Gasteiger partial charge in [0, 0.05) is 35.6 Å². The normalized spacial score (nSPS) is 23.2. The van der Waals surface area contributed by atoms with Crippen molar-refractivity contribution < 1.29 is 9.47 Å². The summed E-state index contributed by atoms with van der Waals surface area (Å²) in [5.41, 5.74) is 2.45. The lowest BCUT2D eigenvalue weighted by molar-refractivity contribution is 0.0389. The van der Waals surface area contributed by atoms with E-state index in [9.17, 15) is 0 Å². The van der Waals surface area contributed by atoms with Crippen molar-refractivity contribution in [3.8, 4) is 5.75 Å². The molecule has 0 bridgehead atoms. The van der Waals surface area contributed by atoms with Gasteiger partial charge in [0.15, 0.2) is 0 Å². The first-order valence-corrected chi connectivity index (χ1v) is 7.93. The van der Waals surface area contributed by atoms with Crippen molar-refractivity contribution >= 4 is 11.6 Å². The monoisotopic (exact) mass is 295 g/mol. The van der Waals surface area contributed by atoms with Gasteiger partial charge in [-0.3, -0.25) is 0 Å². The van der Waals surface area contributed by atoms with Crippen LogP contribution < -0.4 is 10.1 Å². The molecule has 3 nitrogen and oxygen atoms in total. The summed E-state index contributed by atoms with van der Waals surface area (Å²) >= 11 is 6.30. The highest BCUT2D eigenvalue weighted by Gasteiger charge is 2.30. The van der Waals surface area contributed by atoms with E-state index in [1.807, 2.05) is 6.07 Å². The van der Waals surface area contributed by atoms with Gasteiger partial charge >= 0.3 is 0 Å². The van der Waals surface area contributed by atoms with Gasteiger partial charge in [-0.05, 0) is 37.1 Å². The minimum absolute atomic E-state index is 0.269. The Morgan fingerprint density at radius 1 is 1.40 bits per heavy atom. The van der Waals surface area contributed by atoms with E-state index in [4.69, 9.17) is 21.1 Å². The zero-order valence-corrected chi connectivity index (χ0v) is 12.7. The second-order valence-electron chi connectivity index (χ2n) is 5.59. The summed E-state index contributed by atoms with van der Waals surface area (Å²) in [7, 11) is 0. The van der Waals surface area contributed by atoms with Crippen molar-refractivity contribution in [2.75, 3.05) is 26.4 Å². The lowest BCUT2D eigenvalue weighted by atomic mass is 9.87. The summed E-state index contributed by atoms with van der Waals surface area (Å²) in [6.07, 6.45) is 3.29. The van der Waals surface area contributed by atoms with Crippen LogP contribution in [-0.2, 0) is 11.2 Å². The van der Waals surface area contributed by atoms with Gasteiger partial charge < -0.3 is 14.8 Å². The fraction of sp³-hybridized carbons (Fsp3) is 0.625. The Hall–Kier alpha value is -0.770. The first-order valence-electron chi connectivity index (χ1n) is 7.56. The zero-order valence-electron chi connectivity index (χ0n) is 12.0. The molecule has 2 aliphatic heterocycles. The summed E-state index contributed by atoms with van der Waals surface area (Å²) in [4.78, 5) is 0. The van der Waals surface area contributed by atoms with E-state index in [0.29, 0.717) is 5.92 Å². The third kappa shape index (κ3) is 2.80. The van der Waals surface area contributed by atoms with Gasteiger partial charge in [0.1, 0.15) is 5.75 Å². The lowest BCUT2D eigenvalue weighted by Crippen LogP contribution is -2.33. The Bertz CT molecular complexity index is 472. The molecule has 4 heteroatoms. The molecule has 1 N–H and O–H groups in total. The Labute approximate surface area is 125 Å². The second-order valence-corrected chi connectivity index (χ2v) is 6.03. The fourth-order valence-corrected chi connectivity index (χ4v) is 3.56. The van der Waals surface area contributed by atoms with Crippen LogP contribution in [0.5, 0.6) is 5.75 Å². The number of hydrogen-bond donors (Lipinski definition) is 1. The standard InChI is InChI=1S/C16H22ClNO2/c1-2-18-15(12-4-3-6-19-10-12)14-9-13(17)8-11-5-7-20-16(11)14/h8-9,12,15,18H,2-7,10H2,1H3. The third-order valence-corrected chi connectivity index (χ3v) is 4.42. The highest BCUT2D eigenvalue weighted by atomic mass is 35.5. The third-order valence-electron chi connectivity index (χ3n) is 4.20. The summed E-state index contributed by atoms with van der Waals surface area (Å²) in [6.45, 7) is 5.55. The zero-order chi connectivity index (χ0) is 13.9. The predicted molar refractivity (Wildman–Crippen MR) is 80.6 cm³/mol. The average Bonchev–Trinajstić information content (AvgIpc) is 2.93. The van der Waals surface area contributed by atoms with Crippen LogP contribution in [-0.4, -0.2) is 26.4 Å². The predicted octanol–water partition coefficient (Wildman–Crippen LogP) is 3.35. The van der Waals surface area contributed by atoms with Crippen LogP contribution in [0.2, 0.25) is 5.02 Å². The molecule has 0 spiro atoms. The minimum atomic E-state index is 0.269. The van der Waals surface area contributed by atoms with Gasteiger partial charge in [-0.2, -0.15) is 0 Å². The number of nitrogens with one attached hydrogen (secondary N) is 1. The highest BCUT2D eigenvalue weighted by Crippen LogP contribution is 2.40. The van der Waals surface area contributed by atoms with Crippen molar-refractivity contribution in [3.63, 3.8) is 0 Å². The molecule has 110 valence electrons. The van der Waals surface area contributed by atoms with Crippen LogP contribution in [0.15, 0.2) is 12.1 Å². The van der Waals surface area contributed by atoms with E-state index >= 15 is 0 Å². The van der Waals surface area contributed by atoms with Crippen molar-refractivity contribution in [1.29, 1.82) is 0 Å². The first kappa shape index (κ1) is 14.2. The van der Waals surface area contributed by atoms with Crippen LogP contribution in [0.4, 0.5) is 0 Å². The molecular weight excluding hydrogens is 274 g/mol. The summed E-state index contributed by atoms with van der Waals surface area (Å²) in [5, 5.41) is 4.42. The molecule has 2 aliphatic rings. The average molecular weight is 296 g/mol. The molecule has 1 fully saturated rings.